The van der Waals surface area contributed by atoms with Crippen LogP contribution in [-0.2, 0) is 14.3 Å². The first-order valence-corrected chi connectivity index (χ1v) is 8.21. The van der Waals surface area contributed by atoms with Crippen molar-refractivity contribution in [2.24, 2.45) is 5.92 Å². The van der Waals surface area contributed by atoms with Crippen LogP contribution in [0.2, 0.25) is 5.02 Å². The number of ether oxygens (including phenoxy) is 2. The van der Waals surface area contributed by atoms with Crippen molar-refractivity contribution in [1.29, 1.82) is 0 Å². The fraction of sp³-hybridized carbons (Fsp3) is 0.529. The van der Waals surface area contributed by atoms with Gasteiger partial charge < -0.3 is 14.8 Å². The molecule has 1 unspecified atom stereocenters. The van der Waals surface area contributed by atoms with E-state index in [4.69, 9.17) is 21.1 Å². The molecule has 0 radical (unpaired) electrons. The Bertz CT molecular complexity index is 570. The van der Waals surface area contributed by atoms with Gasteiger partial charge in [0.05, 0.1) is 12.8 Å². The molecule has 1 aromatic rings. The molecule has 5 nitrogen and oxygen atoms in total. The highest BCUT2D eigenvalue weighted by Gasteiger charge is 2.23. The lowest BCUT2D eigenvalue weighted by Gasteiger charge is -2.16. The number of hydrogen-bond acceptors (Lipinski definition) is 4. The standard InChI is InChI=1S/C17H22ClNO4/c1-11(23-16(20)9-12-5-3-4-6-12)17(21)19-14-10-13(18)7-8-15(14)22-2/h7-8,10-12H,3-6,9H2,1-2H3,(H,19,21). The van der Waals surface area contributed by atoms with E-state index in [-0.39, 0.29) is 5.97 Å². The maximum atomic E-state index is 12.2. The van der Waals surface area contributed by atoms with Gasteiger partial charge in [-0.2, -0.15) is 0 Å². The Morgan fingerprint density at radius 3 is 2.70 bits per heavy atom. The smallest absolute Gasteiger partial charge is 0.306 e. The van der Waals surface area contributed by atoms with Crippen molar-refractivity contribution in [3.8, 4) is 5.75 Å². The SMILES string of the molecule is COc1ccc(Cl)cc1NC(=O)C(C)OC(=O)CC1CCCC1. The molecular formula is C17H22ClNO4. The van der Waals surface area contributed by atoms with Crippen molar-refractivity contribution in [3.05, 3.63) is 23.2 Å². The normalized spacial score (nSPS) is 16.0. The predicted octanol–water partition coefficient (Wildman–Crippen LogP) is 3.80. The zero-order valence-electron chi connectivity index (χ0n) is 13.4. The minimum absolute atomic E-state index is 0.322. The molecule has 1 aliphatic rings. The Labute approximate surface area is 141 Å². The lowest BCUT2D eigenvalue weighted by atomic mass is 10.0. The van der Waals surface area contributed by atoms with E-state index in [0.717, 1.165) is 12.8 Å². The number of carbonyl (C=O) groups excluding carboxylic acids is 2. The first-order chi connectivity index (χ1) is 11.0. The van der Waals surface area contributed by atoms with E-state index in [9.17, 15) is 9.59 Å². The highest BCUT2D eigenvalue weighted by molar-refractivity contribution is 6.31. The number of hydrogen-bond donors (Lipinski definition) is 1. The van der Waals surface area contributed by atoms with Crippen molar-refractivity contribution < 1.29 is 19.1 Å². The molecule has 0 heterocycles. The summed E-state index contributed by atoms with van der Waals surface area (Å²) in [5.41, 5.74) is 0.448. The summed E-state index contributed by atoms with van der Waals surface area (Å²) in [5, 5.41) is 3.15. The second-order valence-corrected chi connectivity index (χ2v) is 6.26. The van der Waals surface area contributed by atoms with Crippen LogP contribution >= 0.6 is 11.6 Å². The monoisotopic (exact) mass is 339 g/mol. The molecular weight excluding hydrogens is 318 g/mol. The summed E-state index contributed by atoms with van der Waals surface area (Å²) in [6.45, 7) is 1.55. The third-order valence-electron chi connectivity index (χ3n) is 4.03. The molecule has 1 N–H and O–H groups in total. The van der Waals surface area contributed by atoms with E-state index in [1.165, 1.54) is 20.0 Å². The summed E-state index contributed by atoms with van der Waals surface area (Å²) in [7, 11) is 1.50. The van der Waals surface area contributed by atoms with Crippen LogP contribution in [0, 0.1) is 5.92 Å². The zero-order valence-corrected chi connectivity index (χ0v) is 14.2. The largest absolute Gasteiger partial charge is 0.495 e. The Kier molecular flexibility index (Phi) is 6.28. The van der Waals surface area contributed by atoms with E-state index < -0.39 is 12.0 Å². The first-order valence-electron chi connectivity index (χ1n) is 7.83. The van der Waals surface area contributed by atoms with Crippen LogP contribution in [0.3, 0.4) is 0 Å². The molecule has 0 aliphatic heterocycles. The van der Waals surface area contributed by atoms with Gasteiger partial charge in [-0.1, -0.05) is 24.4 Å². The van der Waals surface area contributed by atoms with Gasteiger partial charge in [0.15, 0.2) is 6.10 Å². The highest BCUT2D eigenvalue weighted by atomic mass is 35.5. The van der Waals surface area contributed by atoms with Crippen LogP contribution in [0.4, 0.5) is 5.69 Å². The average Bonchev–Trinajstić information content (AvgIpc) is 3.00. The van der Waals surface area contributed by atoms with Crippen LogP contribution in [-0.4, -0.2) is 25.1 Å². The van der Waals surface area contributed by atoms with E-state index in [2.05, 4.69) is 5.32 Å². The van der Waals surface area contributed by atoms with E-state index in [1.807, 2.05) is 0 Å². The van der Waals surface area contributed by atoms with Crippen LogP contribution in [0.25, 0.3) is 0 Å². The molecule has 1 aliphatic carbocycles. The van der Waals surface area contributed by atoms with Gasteiger partial charge in [0.1, 0.15) is 5.75 Å². The second kappa shape index (κ2) is 8.20. The van der Waals surface area contributed by atoms with Crippen molar-refractivity contribution >= 4 is 29.2 Å². The molecule has 1 atom stereocenters. The fourth-order valence-electron chi connectivity index (χ4n) is 2.76. The van der Waals surface area contributed by atoms with Gasteiger partial charge in [0, 0.05) is 11.4 Å². The topological polar surface area (TPSA) is 64.6 Å². The van der Waals surface area contributed by atoms with Gasteiger partial charge in [-0.05, 0) is 43.9 Å². The Morgan fingerprint density at radius 1 is 1.35 bits per heavy atom. The quantitative estimate of drug-likeness (QED) is 0.801. The summed E-state index contributed by atoms with van der Waals surface area (Å²) in [6, 6.07) is 4.92. The summed E-state index contributed by atoms with van der Waals surface area (Å²) in [5.74, 6) is 0.154. The molecule has 0 bridgehead atoms. The third-order valence-corrected chi connectivity index (χ3v) is 4.26. The highest BCUT2D eigenvalue weighted by Crippen LogP contribution is 2.29. The summed E-state index contributed by atoms with van der Waals surface area (Å²) in [4.78, 5) is 24.1. The van der Waals surface area contributed by atoms with E-state index >= 15 is 0 Å². The van der Waals surface area contributed by atoms with Crippen molar-refractivity contribution in [2.75, 3.05) is 12.4 Å². The van der Waals surface area contributed by atoms with Crippen LogP contribution in [0.5, 0.6) is 5.75 Å². The van der Waals surface area contributed by atoms with Crippen LogP contribution in [0.1, 0.15) is 39.0 Å². The number of esters is 1. The number of carbonyl (C=O) groups is 2. The van der Waals surface area contributed by atoms with E-state index in [0.29, 0.717) is 28.8 Å². The maximum Gasteiger partial charge on any atom is 0.306 e. The number of nitrogens with one attached hydrogen (secondary N) is 1. The Balaban J connectivity index is 1.89. The summed E-state index contributed by atoms with van der Waals surface area (Å²) >= 11 is 5.92. The van der Waals surface area contributed by atoms with Crippen molar-refractivity contribution in [2.45, 2.75) is 45.1 Å². The fourth-order valence-corrected chi connectivity index (χ4v) is 2.93. The van der Waals surface area contributed by atoms with Gasteiger partial charge in [0.25, 0.3) is 5.91 Å². The molecule has 1 amide bonds. The molecule has 1 saturated carbocycles. The zero-order chi connectivity index (χ0) is 16.8. The second-order valence-electron chi connectivity index (χ2n) is 5.82. The third kappa shape index (κ3) is 5.13. The van der Waals surface area contributed by atoms with Gasteiger partial charge in [0.2, 0.25) is 0 Å². The molecule has 6 heteroatoms. The molecule has 0 saturated heterocycles. The number of benzene rings is 1. The van der Waals surface area contributed by atoms with Gasteiger partial charge in [-0.3, -0.25) is 9.59 Å². The van der Waals surface area contributed by atoms with Gasteiger partial charge >= 0.3 is 5.97 Å². The number of methoxy groups -OCH3 is 1. The number of halogens is 1. The van der Waals surface area contributed by atoms with E-state index in [1.54, 1.807) is 25.1 Å². The summed E-state index contributed by atoms with van der Waals surface area (Å²) < 4.78 is 10.4. The molecule has 0 spiro atoms. The lowest BCUT2D eigenvalue weighted by Crippen LogP contribution is -2.30. The lowest BCUT2D eigenvalue weighted by molar-refractivity contribution is -0.154. The minimum Gasteiger partial charge on any atom is -0.495 e. The average molecular weight is 340 g/mol. The Morgan fingerprint density at radius 2 is 2.04 bits per heavy atom. The first kappa shape index (κ1) is 17.6. The summed E-state index contributed by atoms with van der Waals surface area (Å²) in [6.07, 6.45) is 3.99. The Hall–Kier alpha value is -1.75. The minimum atomic E-state index is -0.868. The van der Waals surface area contributed by atoms with Crippen molar-refractivity contribution in [3.63, 3.8) is 0 Å². The molecule has 2 rings (SSSR count). The molecule has 0 aromatic heterocycles. The van der Waals surface area contributed by atoms with Gasteiger partial charge in [-0.25, -0.2) is 0 Å². The molecule has 1 aromatic carbocycles. The van der Waals surface area contributed by atoms with Crippen molar-refractivity contribution in [1.82, 2.24) is 0 Å². The van der Waals surface area contributed by atoms with Gasteiger partial charge in [-0.15, -0.1) is 0 Å². The van der Waals surface area contributed by atoms with Crippen LogP contribution in [0.15, 0.2) is 18.2 Å². The molecule has 126 valence electrons. The number of amides is 1. The number of rotatable bonds is 6. The van der Waals surface area contributed by atoms with Crippen LogP contribution < -0.4 is 10.1 Å². The maximum absolute atomic E-state index is 12.2. The molecule has 1 fully saturated rings. The number of anilines is 1. The predicted molar refractivity (Wildman–Crippen MR) is 88.8 cm³/mol. The molecule has 23 heavy (non-hydrogen) atoms.